The van der Waals surface area contributed by atoms with Crippen LogP contribution in [0.5, 0.6) is 0 Å². The molecule has 5 rings (SSSR count). The maximum atomic E-state index is 13.2. The van der Waals surface area contributed by atoms with Crippen molar-refractivity contribution in [2.45, 2.75) is 0 Å². The van der Waals surface area contributed by atoms with Gasteiger partial charge in [-0.15, -0.1) is 0 Å². The zero-order chi connectivity index (χ0) is 21.9. The van der Waals surface area contributed by atoms with Gasteiger partial charge >= 0.3 is 0 Å². The second-order valence-electron chi connectivity index (χ2n) is 6.91. The number of imide groups is 2. The average molecular weight is 413 g/mol. The summed E-state index contributed by atoms with van der Waals surface area (Å²) in [5.41, 5.74) is -0.157. The van der Waals surface area contributed by atoms with E-state index >= 15 is 0 Å². The molecule has 0 aromatic heterocycles. The number of nitro benzene ring substituents is 1. The van der Waals surface area contributed by atoms with Crippen LogP contribution in [-0.2, 0) is 0 Å². The average Bonchev–Trinajstić information content (AvgIpc) is 3.18. The summed E-state index contributed by atoms with van der Waals surface area (Å²) in [5, 5.41) is 11.1. The lowest BCUT2D eigenvalue weighted by Crippen LogP contribution is -2.32. The van der Waals surface area contributed by atoms with Crippen LogP contribution in [0.1, 0.15) is 41.4 Å². The molecule has 4 amide bonds. The van der Waals surface area contributed by atoms with E-state index in [1.807, 2.05) is 0 Å². The van der Waals surface area contributed by atoms with Crippen LogP contribution >= 0.6 is 0 Å². The standard InChI is InChI=1S/C22H11N3O6/c26-19-14-10-9-13(25(30)31)11-16(14)21(28)24(19)17-8-4-7-15-18(17)22(29)23(20(15)27)12-5-2-1-3-6-12/h1-11H. The van der Waals surface area contributed by atoms with E-state index in [2.05, 4.69) is 0 Å². The molecule has 3 aromatic rings. The number of hydrogen-bond acceptors (Lipinski definition) is 6. The number of fused-ring (bicyclic) bond motifs is 2. The van der Waals surface area contributed by atoms with Gasteiger partial charge in [0.25, 0.3) is 29.3 Å². The van der Waals surface area contributed by atoms with Crippen molar-refractivity contribution < 1.29 is 24.1 Å². The molecule has 0 spiro atoms. The second-order valence-corrected chi connectivity index (χ2v) is 6.91. The van der Waals surface area contributed by atoms with Crippen LogP contribution in [0.15, 0.2) is 66.7 Å². The van der Waals surface area contributed by atoms with E-state index in [0.717, 1.165) is 21.9 Å². The van der Waals surface area contributed by atoms with Crippen molar-refractivity contribution >= 4 is 40.7 Å². The summed E-state index contributed by atoms with van der Waals surface area (Å²) in [6.07, 6.45) is 0. The summed E-state index contributed by atoms with van der Waals surface area (Å²) in [6.45, 7) is 0. The molecule has 0 atom stereocenters. The molecule has 0 saturated carbocycles. The number of anilines is 2. The number of nitro groups is 1. The Kier molecular flexibility index (Phi) is 3.81. The Morgan fingerprint density at radius 3 is 2.03 bits per heavy atom. The van der Waals surface area contributed by atoms with Gasteiger partial charge < -0.3 is 0 Å². The predicted octanol–water partition coefficient (Wildman–Crippen LogP) is 3.20. The topological polar surface area (TPSA) is 118 Å². The van der Waals surface area contributed by atoms with E-state index in [-0.39, 0.29) is 33.6 Å². The number of amides is 4. The highest BCUT2D eigenvalue weighted by atomic mass is 16.6. The fourth-order valence-electron chi connectivity index (χ4n) is 3.83. The molecular formula is C22H11N3O6. The number of rotatable bonds is 3. The minimum atomic E-state index is -0.796. The number of nitrogens with zero attached hydrogens (tertiary/aromatic N) is 3. The van der Waals surface area contributed by atoms with Crippen molar-refractivity contribution in [1.82, 2.24) is 0 Å². The SMILES string of the molecule is O=C1c2cccc(N3C(=O)c4ccc([N+](=O)[O-])cc4C3=O)c2C(=O)N1c1ccccc1. The fraction of sp³-hybridized carbons (Fsp3) is 0. The van der Waals surface area contributed by atoms with Crippen LogP contribution in [0.3, 0.4) is 0 Å². The number of benzene rings is 3. The third kappa shape index (κ3) is 2.50. The van der Waals surface area contributed by atoms with E-state index in [1.54, 1.807) is 30.3 Å². The van der Waals surface area contributed by atoms with E-state index in [4.69, 9.17) is 0 Å². The third-order valence-electron chi connectivity index (χ3n) is 5.23. The van der Waals surface area contributed by atoms with Crippen molar-refractivity contribution in [1.29, 1.82) is 0 Å². The van der Waals surface area contributed by atoms with Crippen LogP contribution < -0.4 is 9.80 Å². The van der Waals surface area contributed by atoms with Crippen molar-refractivity contribution in [2.24, 2.45) is 0 Å². The molecule has 2 aliphatic rings. The third-order valence-corrected chi connectivity index (χ3v) is 5.23. The monoisotopic (exact) mass is 413 g/mol. The van der Waals surface area contributed by atoms with Crippen LogP contribution in [0.2, 0.25) is 0 Å². The zero-order valence-corrected chi connectivity index (χ0v) is 15.6. The second kappa shape index (κ2) is 6.42. The lowest BCUT2D eigenvalue weighted by atomic mass is 10.1. The van der Waals surface area contributed by atoms with Crippen LogP contribution in [0.25, 0.3) is 0 Å². The Labute approximate surface area is 174 Å². The van der Waals surface area contributed by atoms with Gasteiger partial charge in [-0.2, -0.15) is 0 Å². The fourth-order valence-corrected chi connectivity index (χ4v) is 3.83. The highest BCUT2D eigenvalue weighted by Crippen LogP contribution is 2.38. The van der Waals surface area contributed by atoms with Crippen LogP contribution in [-0.4, -0.2) is 28.6 Å². The van der Waals surface area contributed by atoms with E-state index in [9.17, 15) is 29.3 Å². The Morgan fingerprint density at radius 1 is 0.645 bits per heavy atom. The zero-order valence-electron chi connectivity index (χ0n) is 15.6. The lowest BCUT2D eigenvalue weighted by Gasteiger charge is -2.17. The summed E-state index contributed by atoms with van der Waals surface area (Å²) >= 11 is 0. The number of carbonyl (C=O) groups excluding carboxylic acids is 4. The number of carbonyl (C=O) groups is 4. The minimum absolute atomic E-state index is 0.00936. The van der Waals surface area contributed by atoms with Crippen LogP contribution in [0.4, 0.5) is 17.1 Å². The molecule has 0 fully saturated rings. The molecule has 9 heteroatoms. The Morgan fingerprint density at radius 2 is 1.32 bits per heavy atom. The predicted molar refractivity (Wildman–Crippen MR) is 108 cm³/mol. The molecule has 3 aromatic carbocycles. The van der Waals surface area contributed by atoms with Gasteiger partial charge in [0.1, 0.15) is 0 Å². The summed E-state index contributed by atoms with van der Waals surface area (Å²) < 4.78 is 0. The molecule has 31 heavy (non-hydrogen) atoms. The van der Waals surface area contributed by atoms with Crippen molar-refractivity contribution in [2.75, 3.05) is 9.80 Å². The van der Waals surface area contributed by atoms with Crippen molar-refractivity contribution in [3.63, 3.8) is 0 Å². The first-order chi connectivity index (χ1) is 14.9. The summed E-state index contributed by atoms with van der Waals surface area (Å²) in [6, 6.07) is 16.0. The summed E-state index contributed by atoms with van der Waals surface area (Å²) in [7, 11) is 0. The number of para-hydroxylation sites is 1. The maximum absolute atomic E-state index is 13.2. The Hall–Kier alpha value is -4.66. The highest BCUT2D eigenvalue weighted by Gasteiger charge is 2.44. The summed E-state index contributed by atoms with van der Waals surface area (Å²) in [4.78, 5) is 64.2. The molecule has 0 bridgehead atoms. The smallest absolute Gasteiger partial charge is 0.268 e. The maximum Gasteiger partial charge on any atom is 0.270 e. The molecular weight excluding hydrogens is 402 g/mol. The molecule has 9 nitrogen and oxygen atoms in total. The van der Waals surface area contributed by atoms with Gasteiger partial charge in [0.15, 0.2) is 0 Å². The number of non-ortho nitro benzene ring substituents is 1. The molecule has 0 unspecified atom stereocenters. The largest absolute Gasteiger partial charge is 0.270 e. The first-order valence-corrected chi connectivity index (χ1v) is 9.14. The van der Waals surface area contributed by atoms with Gasteiger partial charge in [0, 0.05) is 12.1 Å². The molecule has 150 valence electrons. The molecule has 0 saturated heterocycles. The highest BCUT2D eigenvalue weighted by molar-refractivity contribution is 6.40. The van der Waals surface area contributed by atoms with Gasteiger partial charge in [-0.25, -0.2) is 9.80 Å². The van der Waals surface area contributed by atoms with E-state index in [1.165, 1.54) is 24.3 Å². The van der Waals surface area contributed by atoms with Crippen molar-refractivity contribution in [3.8, 4) is 0 Å². The quantitative estimate of drug-likeness (QED) is 0.370. The van der Waals surface area contributed by atoms with Crippen molar-refractivity contribution in [3.05, 3.63) is 99.1 Å². The minimum Gasteiger partial charge on any atom is -0.268 e. The van der Waals surface area contributed by atoms with E-state index < -0.39 is 28.6 Å². The number of hydrogen-bond donors (Lipinski definition) is 0. The summed E-state index contributed by atoms with van der Waals surface area (Å²) in [5.74, 6) is -2.75. The lowest BCUT2D eigenvalue weighted by molar-refractivity contribution is -0.384. The van der Waals surface area contributed by atoms with Gasteiger partial charge in [-0.1, -0.05) is 24.3 Å². The molecule has 0 N–H and O–H groups in total. The van der Waals surface area contributed by atoms with Gasteiger partial charge in [-0.05, 0) is 30.3 Å². The normalized spacial score (nSPS) is 14.8. The molecule has 2 aliphatic heterocycles. The Balaban J connectivity index is 1.63. The first kappa shape index (κ1) is 18.4. The van der Waals surface area contributed by atoms with Gasteiger partial charge in [-0.3, -0.25) is 29.3 Å². The van der Waals surface area contributed by atoms with Gasteiger partial charge in [0.2, 0.25) is 0 Å². The van der Waals surface area contributed by atoms with Gasteiger partial charge in [0.05, 0.1) is 38.6 Å². The van der Waals surface area contributed by atoms with E-state index in [0.29, 0.717) is 5.69 Å². The molecule has 0 aliphatic carbocycles. The van der Waals surface area contributed by atoms with Crippen LogP contribution in [0, 0.1) is 10.1 Å². The molecule has 0 radical (unpaired) electrons. The Bertz CT molecular complexity index is 1350. The molecule has 2 heterocycles. The first-order valence-electron chi connectivity index (χ1n) is 9.14.